The van der Waals surface area contributed by atoms with E-state index in [1.165, 1.54) is 6.42 Å². The molecule has 4 heteroatoms. The first-order valence-corrected chi connectivity index (χ1v) is 3.15. The maximum absolute atomic E-state index is 4.87. The maximum Gasteiger partial charge on any atom is 0.108 e. The normalized spacial score (nSPS) is 51.3. The number of fused-ring (bicyclic) bond motifs is 1. The van der Waals surface area contributed by atoms with Crippen molar-refractivity contribution in [3.63, 3.8) is 0 Å². The maximum atomic E-state index is 4.87. The standard InChI is InChI=1S/C5H8O2S.H2O/c1-5(6-7-8)3-2-4(3)5;/h3-4,8H,2H2,1H3;1H2. The fourth-order valence-corrected chi connectivity index (χ4v) is 1.54. The van der Waals surface area contributed by atoms with Crippen LogP contribution in [0, 0.1) is 11.8 Å². The Balaban J connectivity index is 0.000000405. The fourth-order valence-electron chi connectivity index (χ4n) is 1.38. The minimum Gasteiger partial charge on any atom is -0.412 e. The summed E-state index contributed by atoms with van der Waals surface area (Å²) < 4.78 is 4.26. The van der Waals surface area contributed by atoms with Gasteiger partial charge >= 0.3 is 0 Å². The Hall–Kier alpha value is 0.230. The van der Waals surface area contributed by atoms with E-state index in [2.05, 4.69) is 24.2 Å². The van der Waals surface area contributed by atoms with E-state index in [4.69, 9.17) is 4.89 Å². The van der Waals surface area contributed by atoms with Crippen LogP contribution in [0.3, 0.4) is 0 Å². The fraction of sp³-hybridized carbons (Fsp3) is 1.00. The van der Waals surface area contributed by atoms with Crippen molar-refractivity contribution in [2.45, 2.75) is 18.9 Å². The molecule has 2 unspecified atom stereocenters. The summed E-state index contributed by atoms with van der Waals surface area (Å²) in [5, 5.41) is 0. The van der Waals surface area contributed by atoms with E-state index in [1.54, 1.807) is 0 Å². The lowest BCUT2D eigenvalue weighted by Crippen LogP contribution is -2.16. The zero-order valence-electron chi connectivity index (χ0n) is 5.13. The topological polar surface area (TPSA) is 50.0 Å². The van der Waals surface area contributed by atoms with Gasteiger partial charge in [-0.15, -0.1) is 0 Å². The molecule has 2 fully saturated rings. The van der Waals surface area contributed by atoms with Crippen LogP contribution in [0.5, 0.6) is 0 Å². The molecule has 0 aromatic carbocycles. The van der Waals surface area contributed by atoms with E-state index in [1.807, 2.05) is 0 Å². The molecule has 0 bridgehead atoms. The summed E-state index contributed by atoms with van der Waals surface area (Å²) in [5.74, 6) is 1.57. The Morgan fingerprint density at radius 3 is 2.22 bits per heavy atom. The molecule has 0 amide bonds. The molecule has 0 saturated heterocycles. The summed E-state index contributed by atoms with van der Waals surface area (Å²) >= 11 is 3.49. The quantitative estimate of drug-likeness (QED) is 0.267. The predicted octanol–water partition coefficient (Wildman–Crippen LogP) is 0.363. The Morgan fingerprint density at radius 2 is 2.11 bits per heavy atom. The molecular formula is C5H10O3S. The monoisotopic (exact) mass is 150 g/mol. The highest BCUT2D eigenvalue weighted by Gasteiger charge is 2.76. The number of hydrogen-bond donors (Lipinski definition) is 1. The van der Waals surface area contributed by atoms with E-state index >= 15 is 0 Å². The Morgan fingerprint density at radius 1 is 1.56 bits per heavy atom. The van der Waals surface area contributed by atoms with Crippen molar-refractivity contribution < 1.29 is 14.7 Å². The van der Waals surface area contributed by atoms with Gasteiger partial charge in [0.15, 0.2) is 0 Å². The third kappa shape index (κ3) is 0.781. The van der Waals surface area contributed by atoms with Crippen LogP contribution in [-0.4, -0.2) is 11.1 Å². The zero-order chi connectivity index (χ0) is 5.78. The van der Waals surface area contributed by atoms with Crippen molar-refractivity contribution in [1.29, 1.82) is 0 Å². The van der Waals surface area contributed by atoms with Crippen molar-refractivity contribution in [3.8, 4) is 0 Å². The first kappa shape index (κ1) is 7.34. The third-order valence-corrected chi connectivity index (χ3v) is 2.45. The van der Waals surface area contributed by atoms with Gasteiger partial charge in [-0.25, -0.2) is 4.89 Å². The molecule has 0 aromatic heterocycles. The van der Waals surface area contributed by atoms with Crippen LogP contribution in [-0.2, 0) is 9.22 Å². The van der Waals surface area contributed by atoms with Crippen LogP contribution < -0.4 is 0 Å². The van der Waals surface area contributed by atoms with Gasteiger partial charge in [-0.1, -0.05) is 0 Å². The van der Waals surface area contributed by atoms with E-state index in [0.717, 1.165) is 11.8 Å². The number of thiol groups is 1. The van der Waals surface area contributed by atoms with Gasteiger partial charge in [-0.05, 0) is 25.2 Å². The molecule has 2 aliphatic rings. The highest BCUT2D eigenvalue weighted by molar-refractivity contribution is 7.74. The lowest BCUT2D eigenvalue weighted by molar-refractivity contribution is -0.253. The van der Waals surface area contributed by atoms with Crippen molar-refractivity contribution in [2.24, 2.45) is 11.8 Å². The molecule has 2 rings (SSSR count). The molecule has 2 saturated carbocycles. The second-order valence-corrected chi connectivity index (χ2v) is 2.94. The lowest BCUT2D eigenvalue weighted by atomic mass is 10.2. The highest BCUT2D eigenvalue weighted by atomic mass is 32.1. The van der Waals surface area contributed by atoms with Crippen molar-refractivity contribution in [2.75, 3.05) is 0 Å². The van der Waals surface area contributed by atoms with Crippen molar-refractivity contribution in [3.05, 3.63) is 0 Å². The smallest absolute Gasteiger partial charge is 0.108 e. The van der Waals surface area contributed by atoms with Gasteiger partial charge in [0.25, 0.3) is 0 Å². The molecule has 0 radical (unpaired) electrons. The largest absolute Gasteiger partial charge is 0.412 e. The van der Waals surface area contributed by atoms with Crippen LogP contribution in [0.2, 0.25) is 0 Å². The SMILES string of the molecule is CC1(OOS)C2CC21.O. The van der Waals surface area contributed by atoms with Gasteiger partial charge in [0.1, 0.15) is 5.60 Å². The van der Waals surface area contributed by atoms with Gasteiger partial charge in [-0.2, -0.15) is 4.33 Å². The second-order valence-electron chi connectivity index (χ2n) is 2.79. The van der Waals surface area contributed by atoms with Crippen LogP contribution in [0.25, 0.3) is 0 Å². The van der Waals surface area contributed by atoms with Crippen LogP contribution in [0.4, 0.5) is 0 Å². The van der Waals surface area contributed by atoms with Crippen LogP contribution in [0.1, 0.15) is 13.3 Å². The number of rotatable bonds is 2. The van der Waals surface area contributed by atoms with Gasteiger partial charge in [0.2, 0.25) is 0 Å². The molecule has 0 heterocycles. The van der Waals surface area contributed by atoms with E-state index in [-0.39, 0.29) is 11.1 Å². The average molecular weight is 150 g/mol. The third-order valence-electron chi connectivity index (χ3n) is 2.37. The van der Waals surface area contributed by atoms with Crippen molar-refractivity contribution >= 4 is 12.9 Å². The van der Waals surface area contributed by atoms with Crippen molar-refractivity contribution in [1.82, 2.24) is 0 Å². The second kappa shape index (κ2) is 1.85. The molecule has 0 aliphatic heterocycles. The summed E-state index contributed by atoms with van der Waals surface area (Å²) in [6.45, 7) is 2.06. The zero-order valence-corrected chi connectivity index (χ0v) is 6.02. The molecule has 54 valence electrons. The minimum atomic E-state index is 0. The lowest BCUT2D eigenvalue weighted by Gasteiger charge is -2.12. The summed E-state index contributed by atoms with van der Waals surface area (Å²) in [4.78, 5) is 4.87. The molecule has 2 aliphatic carbocycles. The molecule has 2 N–H and O–H groups in total. The summed E-state index contributed by atoms with van der Waals surface area (Å²) in [6, 6.07) is 0. The minimum absolute atomic E-state index is 0. The predicted molar refractivity (Wildman–Crippen MR) is 34.8 cm³/mol. The summed E-state index contributed by atoms with van der Waals surface area (Å²) in [5.41, 5.74) is 0.0573. The van der Waals surface area contributed by atoms with E-state index < -0.39 is 0 Å². The molecule has 0 aromatic rings. The van der Waals surface area contributed by atoms with E-state index in [0.29, 0.717) is 0 Å². The van der Waals surface area contributed by atoms with Gasteiger partial charge in [0, 0.05) is 12.9 Å². The van der Waals surface area contributed by atoms with Gasteiger partial charge in [-0.3, -0.25) is 0 Å². The summed E-state index contributed by atoms with van der Waals surface area (Å²) in [6.07, 6.45) is 1.33. The molecule has 2 atom stereocenters. The Kier molecular flexibility index (Phi) is 1.51. The van der Waals surface area contributed by atoms with E-state index in [9.17, 15) is 0 Å². The Bertz CT molecular complexity index is 119. The molecule has 3 nitrogen and oxygen atoms in total. The van der Waals surface area contributed by atoms with Gasteiger partial charge in [0.05, 0.1) is 0 Å². The molecule has 0 spiro atoms. The Labute approximate surface area is 59.2 Å². The molecular weight excluding hydrogens is 140 g/mol. The first-order chi connectivity index (χ1) is 3.79. The average Bonchev–Trinajstić information content (AvgIpc) is 2.50. The van der Waals surface area contributed by atoms with Crippen LogP contribution >= 0.6 is 12.9 Å². The molecule has 9 heavy (non-hydrogen) atoms. The number of hydrogen-bond acceptors (Lipinski definition) is 3. The highest BCUT2D eigenvalue weighted by Crippen LogP contribution is 2.72. The van der Waals surface area contributed by atoms with Gasteiger partial charge < -0.3 is 5.48 Å². The first-order valence-electron chi connectivity index (χ1n) is 2.78. The summed E-state index contributed by atoms with van der Waals surface area (Å²) in [7, 11) is 0. The van der Waals surface area contributed by atoms with Crippen LogP contribution in [0.15, 0.2) is 0 Å².